The van der Waals surface area contributed by atoms with Gasteiger partial charge in [0.25, 0.3) is 0 Å². The Balaban J connectivity index is 0.00000192. The van der Waals surface area contributed by atoms with E-state index >= 15 is 0 Å². The number of alkyl halides is 3. The van der Waals surface area contributed by atoms with Crippen molar-refractivity contribution in [2.75, 3.05) is 26.7 Å². The van der Waals surface area contributed by atoms with Gasteiger partial charge in [0.15, 0.2) is 5.96 Å². The number of guanidine groups is 1. The van der Waals surface area contributed by atoms with E-state index in [1.165, 1.54) is 4.90 Å². The molecule has 3 saturated heterocycles. The molecule has 134 valence electrons. The van der Waals surface area contributed by atoms with Crippen molar-refractivity contribution < 1.29 is 17.9 Å². The lowest BCUT2D eigenvalue weighted by Crippen LogP contribution is -2.51. The average Bonchev–Trinajstić information content (AvgIpc) is 3.13. The highest BCUT2D eigenvalue weighted by Gasteiger charge is 2.41. The van der Waals surface area contributed by atoms with E-state index in [1.54, 1.807) is 7.05 Å². The van der Waals surface area contributed by atoms with Crippen LogP contribution in [0.25, 0.3) is 0 Å². The number of nitrogens with one attached hydrogen (secondary N) is 2. The number of hydrogen-bond acceptors (Lipinski definition) is 3. The molecule has 23 heavy (non-hydrogen) atoms. The molecule has 0 aliphatic carbocycles. The highest BCUT2D eigenvalue weighted by molar-refractivity contribution is 14.0. The van der Waals surface area contributed by atoms with Crippen LogP contribution >= 0.6 is 24.0 Å². The number of rotatable bonds is 3. The lowest BCUT2D eigenvalue weighted by Gasteiger charge is -2.25. The summed E-state index contributed by atoms with van der Waals surface area (Å²) >= 11 is 0. The molecule has 2 N–H and O–H groups in total. The molecule has 3 fully saturated rings. The lowest BCUT2D eigenvalue weighted by molar-refractivity contribution is -0.143. The zero-order valence-electron chi connectivity index (χ0n) is 13.1. The summed E-state index contributed by atoms with van der Waals surface area (Å²) in [5.74, 6) is 0.667. The van der Waals surface area contributed by atoms with Gasteiger partial charge in [-0.1, -0.05) is 0 Å². The highest BCUT2D eigenvalue weighted by Crippen LogP contribution is 2.34. The Bertz CT molecular complexity index is 435. The van der Waals surface area contributed by atoms with Gasteiger partial charge in [-0.15, -0.1) is 24.0 Å². The molecule has 0 aromatic heterocycles. The second kappa shape index (κ2) is 7.73. The molecule has 3 aliphatic heterocycles. The molecule has 4 unspecified atom stereocenters. The monoisotopic (exact) mass is 448 g/mol. The minimum absolute atomic E-state index is 0. The van der Waals surface area contributed by atoms with E-state index in [1.807, 2.05) is 0 Å². The average molecular weight is 448 g/mol. The van der Waals surface area contributed by atoms with Gasteiger partial charge in [0.1, 0.15) is 0 Å². The summed E-state index contributed by atoms with van der Waals surface area (Å²) in [5.41, 5.74) is 0. The van der Waals surface area contributed by atoms with E-state index in [0.29, 0.717) is 31.6 Å². The van der Waals surface area contributed by atoms with Gasteiger partial charge in [0.05, 0.1) is 24.8 Å². The Labute approximate surface area is 151 Å². The summed E-state index contributed by atoms with van der Waals surface area (Å²) in [6.07, 6.45) is 0.352. The molecule has 3 rings (SSSR count). The van der Waals surface area contributed by atoms with Crippen molar-refractivity contribution in [1.29, 1.82) is 0 Å². The Morgan fingerprint density at radius 2 is 2.04 bits per heavy atom. The van der Waals surface area contributed by atoms with Gasteiger partial charge < -0.3 is 15.4 Å². The fourth-order valence-electron chi connectivity index (χ4n) is 3.68. The van der Waals surface area contributed by atoms with Crippen LogP contribution in [-0.2, 0) is 4.74 Å². The number of nitrogens with zero attached hydrogens (tertiary/aromatic N) is 2. The quantitative estimate of drug-likeness (QED) is 0.393. The van der Waals surface area contributed by atoms with Crippen LogP contribution in [0.15, 0.2) is 4.99 Å². The fraction of sp³-hybridized carbons (Fsp3) is 0.929. The van der Waals surface area contributed by atoms with Gasteiger partial charge in [-0.2, -0.15) is 13.2 Å². The molecular weight excluding hydrogens is 424 g/mol. The van der Waals surface area contributed by atoms with Crippen molar-refractivity contribution >= 4 is 29.9 Å². The number of aliphatic imine (C=N–C) groups is 1. The van der Waals surface area contributed by atoms with Gasteiger partial charge in [-0.3, -0.25) is 9.89 Å². The SMILES string of the molecule is CN=C(NC1CCN(CC(F)(F)F)C1)NC1CC2CCC1O2.I. The smallest absolute Gasteiger partial charge is 0.373 e. The summed E-state index contributed by atoms with van der Waals surface area (Å²) < 4.78 is 43.0. The molecule has 0 spiro atoms. The van der Waals surface area contributed by atoms with E-state index in [2.05, 4.69) is 15.6 Å². The van der Waals surface area contributed by atoms with E-state index in [-0.39, 0.29) is 42.2 Å². The van der Waals surface area contributed by atoms with E-state index < -0.39 is 12.7 Å². The summed E-state index contributed by atoms with van der Waals surface area (Å²) in [7, 11) is 1.69. The third kappa shape index (κ3) is 5.09. The molecule has 0 aromatic rings. The Kier molecular flexibility index (Phi) is 6.40. The Morgan fingerprint density at radius 1 is 1.26 bits per heavy atom. The first-order valence-corrected chi connectivity index (χ1v) is 7.87. The predicted octanol–water partition coefficient (Wildman–Crippen LogP) is 1.73. The summed E-state index contributed by atoms with van der Waals surface area (Å²) in [4.78, 5) is 5.63. The molecule has 2 bridgehead atoms. The first kappa shape index (κ1) is 19.0. The molecule has 0 saturated carbocycles. The second-order valence-electron chi connectivity index (χ2n) is 6.41. The van der Waals surface area contributed by atoms with Crippen LogP contribution in [0.2, 0.25) is 0 Å². The molecule has 0 amide bonds. The fourth-order valence-corrected chi connectivity index (χ4v) is 3.68. The minimum Gasteiger partial charge on any atom is -0.373 e. The summed E-state index contributed by atoms with van der Waals surface area (Å²) in [6.45, 7) is 0.0241. The number of fused-ring (bicyclic) bond motifs is 2. The molecule has 0 radical (unpaired) electrons. The van der Waals surface area contributed by atoms with Crippen LogP contribution in [0.1, 0.15) is 25.7 Å². The third-order valence-electron chi connectivity index (χ3n) is 4.67. The molecule has 9 heteroatoms. The van der Waals surface area contributed by atoms with Gasteiger partial charge in [0.2, 0.25) is 0 Å². The number of halogens is 4. The highest BCUT2D eigenvalue weighted by atomic mass is 127. The van der Waals surface area contributed by atoms with Crippen LogP contribution < -0.4 is 10.6 Å². The first-order valence-electron chi connectivity index (χ1n) is 7.87. The maximum atomic E-state index is 12.4. The van der Waals surface area contributed by atoms with Crippen molar-refractivity contribution in [2.45, 2.75) is 56.2 Å². The minimum atomic E-state index is -4.13. The topological polar surface area (TPSA) is 48.9 Å². The van der Waals surface area contributed by atoms with Crippen LogP contribution in [-0.4, -0.2) is 68.0 Å². The molecule has 3 aliphatic rings. The second-order valence-corrected chi connectivity index (χ2v) is 6.41. The van der Waals surface area contributed by atoms with E-state index in [0.717, 1.165) is 19.3 Å². The predicted molar refractivity (Wildman–Crippen MR) is 92.2 cm³/mol. The zero-order chi connectivity index (χ0) is 15.7. The Hall–Kier alpha value is -0.290. The van der Waals surface area contributed by atoms with E-state index in [4.69, 9.17) is 4.74 Å². The van der Waals surface area contributed by atoms with Crippen LogP contribution in [0.3, 0.4) is 0 Å². The summed E-state index contributed by atoms with van der Waals surface area (Å²) in [6, 6.07) is 0.269. The van der Waals surface area contributed by atoms with Crippen LogP contribution in [0.4, 0.5) is 13.2 Å². The van der Waals surface area contributed by atoms with E-state index in [9.17, 15) is 13.2 Å². The van der Waals surface area contributed by atoms with Crippen molar-refractivity contribution in [3.63, 3.8) is 0 Å². The molecule has 4 atom stereocenters. The van der Waals surface area contributed by atoms with Gasteiger partial charge in [-0.25, -0.2) is 0 Å². The number of hydrogen-bond donors (Lipinski definition) is 2. The molecule has 5 nitrogen and oxygen atoms in total. The maximum absolute atomic E-state index is 12.4. The van der Waals surface area contributed by atoms with Gasteiger partial charge >= 0.3 is 6.18 Å². The first-order chi connectivity index (χ1) is 10.4. The standard InChI is InChI=1S/C14H23F3N4O.HI/c1-18-13(20-11-6-10-2-3-12(11)22-10)19-9-4-5-21(7-9)8-14(15,16)17;/h9-12H,2-8H2,1H3,(H2,18,19,20);1H. The van der Waals surface area contributed by atoms with Crippen molar-refractivity contribution in [2.24, 2.45) is 4.99 Å². The lowest BCUT2D eigenvalue weighted by atomic mass is 9.96. The number of ether oxygens (including phenoxy) is 1. The normalized spacial score (nSPS) is 34.5. The largest absolute Gasteiger partial charge is 0.401 e. The maximum Gasteiger partial charge on any atom is 0.401 e. The van der Waals surface area contributed by atoms with Gasteiger partial charge in [-0.05, 0) is 25.7 Å². The summed E-state index contributed by atoms with van der Waals surface area (Å²) in [5, 5.41) is 6.60. The van der Waals surface area contributed by atoms with Gasteiger partial charge in [0, 0.05) is 26.2 Å². The number of likely N-dealkylation sites (tertiary alicyclic amines) is 1. The molecular formula is C14H24F3IN4O. The third-order valence-corrected chi connectivity index (χ3v) is 4.67. The zero-order valence-corrected chi connectivity index (χ0v) is 15.4. The molecule has 3 heterocycles. The van der Waals surface area contributed by atoms with Crippen LogP contribution in [0, 0.1) is 0 Å². The van der Waals surface area contributed by atoms with Crippen molar-refractivity contribution in [3.05, 3.63) is 0 Å². The van der Waals surface area contributed by atoms with Crippen LogP contribution in [0.5, 0.6) is 0 Å². The Morgan fingerprint density at radius 3 is 2.61 bits per heavy atom. The van der Waals surface area contributed by atoms with Crippen molar-refractivity contribution in [3.8, 4) is 0 Å². The van der Waals surface area contributed by atoms with Crippen molar-refractivity contribution in [1.82, 2.24) is 15.5 Å². The molecule has 0 aromatic carbocycles.